The average Bonchev–Trinajstić information content (AvgIpc) is 3.05. The summed E-state index contributed by atoms with van der Waals surface area (Å²) < 4.78 is 1.76. The molecule has 18 heavy (non-hydrogen) atoms. The number of aromatic amines is 1. The van der Waals surface area contributed by atoms with Crippen LogP contribution in [0.5, 0.6) is 0 Å². The molecule has 3 heterocycles. The highest BCUT2D eigenvalue weighted by Crippen LogP contribution is 2.26. The SMILES string of the molecule is N#CCC(=O)c1cnc2scc(-c3cn[nH]c3)n12. The van der Waals surface area contributed by atoms with Gasteiger partial charge >= 0.3 is 0 Å². The van der Waals surface area contributed by atoms with Gasteiger partial charge in [-0.15, -0.1) is 11.3 Å². The Bertz CT molecular complexity index is 746. The molecule has 0 aliphatic rings. The van der Waals surface area contributed by atoms with Gasteiger partial charge in [0.1, 0.15) is 12.1 Å². The molecule has 0 atom stereocenters. The number of aromatic nitrogens is 4. The predicted octanol–water partition coefficient (Wildman–Crippen LogP) is 1.88. The van der Waals surface area contributed by atoms with Crippen LogP contribution in [0.15, 0.2) is 24.0 Å². The number of rotatable bonds is 3. The molecule has 88 valence electrons. The molecule has 3 aromatic heterocycles. The Balaban J connectivity index is 2.20. The molecule has 3 rings (SSSR count). The molecule has 0 saturated carbocycles. The summed E-state index contributed by atoms with van der Waals surface area (Å²) >= 11 is 1.44. The van der Waals surface area contributed by atoms with Gasteiger partial charge in [0, 0.05) is 17.1 Å². The highest BCUT2D eigenvalue weighted by Gasteiger charge is 2.17. The van der Waals surface area contributed by atoms with Gasteiger partial charge in [0.25, 0.3) is 0 Å². The number of carbonyl (C=O) groups excluding carboxylic acids is 1. The number of nitrogens with one attached hydrogen (secondary N) is 1. The summed E-state index contributed by atoms with van der Waals surface area (Å²) in [6.07, 6.45) is 4.80. The molecule has 0 unspecified atom stereocenters. The summed E-state index contributed by atoms with van der Waals surface area (Å²) in [5, 5.41) is 17.1. The molecule has 0 aromatic carbocycles. The maximum absolute atomic E-state index is 11.8. The van der Waals surface area contributed by atoms with Crippen molar-refractivity contribution in [1.82, 2.24) is 19.6 Å². The number of hydrogen-bond donors (Lipinski definition) is 1. The van der Waals surface area contributed by atoms with Gasteiger partial charge in [-0.1, -0.05) is 0 Å². The third-order valence-electron chi connectivity index (χ3n) is 2.57. The van der Waals surface area contributed by atoms with Crippen molar-refractivity contribution >= 4 is 22.1 Å². The molecule has 0 spiro atoms. The van der Waals surface area contributed by atoms with Crippen LogP contribution in [-0.4, -0.2) is 25.4 Å². The molecule has 1 N–H and O–H groups in total. The standard InChI is InChI=1S/C11H7N5OS/c12-2-1-10(17)8-5-13-11-16(8)9(6-18-11)7-3-14-15-4-7/h3-6H,1H2,(H,14,15). The number of carbonyl (C=O) groups is 1. The quantitative estimate of drug-likeness (QED) is 0.726. The topological polar surface area (TPSA) is 86.8 Å². The second kappa shape index (κ2) is 4.09. The minimum absolute atomic E-state index is 0.144. The maximum atomic E-state index is 11.8. The average molecular weight is 257 g/mol. The molecule has 0 aliphatic heterocycles. The van der Waals surface area contributed by atoms with Crippen molar-refractivity contribution in [3.05, 3.63) is 29.7 Å². The second-order valence-corrected chi connectivity index (χ2v) is 4.46. The van der Waals surface area contributed by atoms with Crippen LogP contribution in [0.3, 0.4) is 0 Å². The van der Waals surface area contributed by atoms with E-state index in [0.717, 1.165) is 16.2 Å². The third-order valence-corrected chi connectivity index (χ3v) is 3.41. The van der Waals surface area contributed by atoms with Gasteiger partial charge in [0.05, 0.1) is 24.2 Å². The van der Waals surface area contributed by atoms with E-state index in [9.17, 15) is 4.79 Å². The summed E-state index contributed by atoms with van der Waals surface area (Å²) in [4.78, 5) is 16.7. The zero-order chi connectivity index (χ0) is 12.5. The summed E-state index contributed by atoms with van der Waals surface area (Å²) in [5.74, 6) is -0.229. The van der Waals surface area contributed by atoms with Crippen LogP contribution < -0.4 is 0 Å². The number of imidazole rings is 1. The Morgan fingerprint density at radius 3 is 3.17 bits per heavy atom. The largest absolute Gasteiger partial charge is 0.291 e. The number of nitriles is 1. The number of Topliss-reactive ketones (excluding diaryl/α,β-unsaturated/α-hetero) is 1. The fourth-order valence-corrected chi connectivity index (χ4v) is 2.63. The van der Waals surface area contributed by atoms with Crippen molar-refractivity contribution in [1.29, 1.82) is 5.26 Å². The highest BCUT2D eigenvalue weighted by molar-refractivity contribution is 7.15. The molecule has 0 radical (unpaired) electrons. The summed E-state index contributed by atoms with van der Waals surface area (Å²) in [5.41, 5.74) is 2.16. The molecule has 0 amide bonds. The van der Waals surface area contributed by atoms with E-state index in [1.165, 1.54) is 17.5 Å². The molecule has 0 saturated heterocycles. The Hall–Kier alpha value is -2.46. The molecule has 3 aromatic rings. The molecule has 0 fully saturated rings. The molecule has 0 aliphatic carbocycles. The van der Waals surface area contributed by atoms with Gasteiger partial charge in [-0.05, 0) is 0 Å². The Kier molecular flexibility index (Phi) is 2.42. The maximum Gasteiger partial charge on any atom is 0.195 e. The second-order valence-electron chi connectivity index (χ2n) is 3.63. The van der Waals surface area contributed by atoms with Gasteiger partial charge in [0.15, 0.2) is 10.7 Å². The van der Waals surface area contributed by atoms with Gasteiger partial charge in [-0.25, -0.2) is 4.98 Å². The monoisotopic (exact) mass is 257 g/mol. The lowest BCUT2D eigenvalue weighted by molar-refractivity contribution is 0.0992. The number of thiazole rings is 1. The van der Waals surface area contributed by atoms with Gasteiger partial charge in [-0.3, -0.25) is 14.3 Å². The summed E-state index contributed by atoms with van der Waals surface area (Å²) in [6, 6.07) is 1.86. The molecule has 6 nitrogen and oxygen atoms in total. The van der Waals surface area contributed by atoms with Crippen molar-refractivity contribution in [2.75, 3.05) is 0 Å². The van der Waals surface area contributed by atoms with E-state index >= 15 is 0 Å². The fourth-order valence-electron chi connectivity index (χ4n) is 1.76. The van der Waals surface area contributed by atoms with Crippen LogP contribution in [0.2, 0.25) is 0 Å². The van der Waals surface area contributed by atoms with E-state index in [0.29, 0.717) is 5.69 Å². The van der Waals surface area contributed by atoms with Crippen molar-refractivity contribution in [3.8, 4) is 17.3 Å². The minimum atomic E-state index is -0.229. The van der Waals surface area contributed by atoms with Gasteiger partial charge in [0.2, 0.25) is 0 Å². The Morgan fingerprint density at radius 2 is 2.44 bits per heavy atom. The lowest BCUT2D eigenvalue weighted by Crippen LogP contribution is -2.02. The first-order valence-electron chi connectivity index (χ1n) is 5.15. The van der Waals surface area contributed by atoms with E-state index in [1.807, 2.05) is 11.4 Å². The molecular weight excluding hydrogens is 250 g/mol. The lowest BCUT2D eigenvalue weighted by Gasteiger charge is -1.99. The van der Waals surface area contributed by atoms with Crippen LogP contribution in [0.1, 0.15) is 16.9 Å². The first kappa shape index (κ1) is 10.7. The lowest BCUT2D eigenvalue weighted by atomic mass is 10.2. The zero-order valence-electron chi connectivity index (χ0n) is 9.12. The highest BCUT2D eigenvalue weighted by atomic mass is 32.1. The first-order valence-corrected chi connectivity index (χ1v) is 6.03. The number of fused-ring (bicyclic) bond motifs is 1. The molecular formula is C11H7N5OS. The van der Waals surface area contributed by atoms with E-state index in [1.54, 1.807) is 16.8 Å². The Labute approximate surface area is 106 Å². The zero-order valence-corrected chi connectivity index (χ0v) is 9.94. The van der Waals surface area contributed by atoms with E-state index in [4.69, 9.17) is 5.26 Å². The molecule has 0 bridgehead atoms. The smallest absolute Gasteiger partial charge is 0.195 e. The first-order chi connectivity index (χ1) is 8.81. The number of ketones is 1. The normalized spacial score (nSPS) is 10.6. The predicted molar refractivity (Wildman–Crippen MR) is 65.2 cm³/mol. The number of nitrogens with zero attached hydrogens (tertiary/aromatic N) is 4. The number of H-pyrrole nitrogens is 1. The van der Waals surface area contributed by atoms with Crippen molar-refractivity contribution in [2.45, 2.75) is 6.42 Å². The summed E-state index contributed by atoms with van der Waals surface area (Å²) in [6.45, 7) is 0. The van der Waals surface area contributed by atoms with Crippen LogP contribution in [0.25, 0.3) is 16.2 Å². The Morgan fingerprint density at radius 1 is 1.56 bits per heavy atom. The van der Waals surface area contributed by atoms with Crippen molar-refractivity contribution < 1.29 is 4.79 Å². The summed E-state index contributed by atoms with van der Waals surface area (Å²) in [7, 11) is 0. The van der Waals surface area contributed by atoms with E-state index in [2.05, 4.69) is 15.2 Å². The number of hydrogen-bond acceptors (Lipinski definition) is 5. The van der Waals surface area contributed by atoms with Crippen molar-refractivity contribution in [3.63, 3.8) is 0 Å². The minimum Gasteiger partial charge on any atom is -0.291 e. The van der Waals surface area contributed by atoms with Crippen LogP contribution in [-0.2, 0) is 0 Å². The third kappa shape index (κ3) is 1.51. The van der Waals surface area contributed by atoms with E-state index < -0.39 is 0 Å². The van der Waals surface area contributed by atoms with Gasteiger partial charge < -0.3 is 0 Å². The van der Waals surface area contributed by atoms with Crippen LogP contribution in [0.4, 0.5) is 0 Å². The fraction of sp³-hybridized carbons (Fsp3) is 0.0909. The van der Waals surface area contributed by atoms with E-state index in [-0.39, 0.29) is 12.2 Å². The molecule has 7 heteroatoms. The van der Waals surface area contributed by atoms with Crippen LogP contribution in [0, 0.1) is 11.3 Å². The van der Waals surface area contributed by atoms with Crippen LogP contribution >= 0.6 is 11.3 Å². The van der Waals surface area contributed by atoms with Crippen molar-refractivity contribution in [2.24, 2.45) is 0 Å². The van der Waals surface area contributed by atoms with Gasteiger partial charge in [-0.2, -0.15) is 10.4 Å².